The predicted molar refractivity (Wildman–Crippen MR) is 72.9 cm³/mol. The van der Waals surface area contributed by atoms with Gasteiger partial charge in [-0.2, -0.15) is 5.10 Å². The first-order chi connectivity index (χ1) is 9.33. The van der Waals surface area contributed by atoms with Gasteiger partial charge in [-0.25, -0.2) is 0 Å². The third-order valence-corrected chi connectivity index (χ3v) is 3.28. The Balaban J connectivity index is 1.78. The minimum absolute atomic E-state index is 0.241. The van der Waals surface area contributed by atoms with Crippen LogP contribution in [0.2, 0.25) is 0 Å². The van der Waals surface area contributed by atoms with Crippen LogP contribution in [0.1, 0.15) is 12.8 Å². The molecule has 5 heteroatoms. The number of rotatable bonds is 3. The standard InChI is InChI=1S/C14H17N3O2/c15-14-13(9-16-17-14)10-2-1-3-12(8-10)19-11-4-6-18-7-5-11/h1-3,8-9,11H,4-7H2,(H3,15,16,17). The average molecular weight is 259 g/mol. The number of aromatic nitrogens is 2. The van der Waals surface area contributed by atoms with Crippen molar-refractivity contribution in [2.24, 2.45) is 0 Å². The summed E-state index contributed by atoms with van der Waals surface area (Å²) >= 11 is 0. The van der Waals surface area contributed by atoms with E-state index in [1.165, 1.54) is 0 Å². The zero-order valence-electron chi connectivity index (χ0n) is 10.6. The molecule has 1 fully saturated rings. The molecule has 0 spiro atoms. The molecule has 1 saturated heterocycles. The Bertz CT molecular complexity index is 547. The van der Waals surface area contributed by atoms with Crippen molar-refractivity contribution in [2.45, 2.75) is 18.9 Å². The molecule has 0 atom stereocenters. The highest BCUT2D eigenvalue weighted by atomic mass is 16.5. The molecular formula is C14H17N3O2. The second kappa shape index (κ2) is 5.32. The fourth-order valence-electron chi connectivity index (χ4n) is 2.25. The van der Waals surface area contributed by atoms with Crippen molar-refractivity contribution in [3.63, 3.8) is 0 Å². The van der Waals surface area contributed by atoms with E-state index < -0.39 is 0 Å². The third kappa shape index (κ3) is 2.71. The maximum Gasteiger partial charge on any atom is 0.126 e. The SMILES string of the molecule is Nc1[nH]ncc1-c1cccc(OC2CCOCC2)c1. The van der Waals surface area contributed by atoms with Crippen LogP contribution in [0.4, 0.5) is 5.82 Å². The highest BCUT2D eigenvalue weighted by molar-refractivity contribution is 5.73. The number of hydrogen-bond donors (Lipinski definition) is 2. The fourth-order valence-corrected chi connectivity index (χ4v) is 2.25. The van der Waals surface area contributed by atoms with Gasteiger partial charge in [-0.15, -0.1) is 0 Å². The van der Waals surface area contributed by atoms with E-state index in [9.17, 15) is 0 Å². The average Bonchev–Trinajstić information content (AvgIpc) is 2.86. The van der Waals surface area contributed by atoms with Gasteiger partial charge in [0, 0.05) is 18.4 Å². The minimum Gasteiger partial charge on any atom is -0.490 e. The van der Waals surface area contributed by atoms with E-state index in [1.807, 2.05) is 24.3 Å². The van der Waals surface area contributed by atoms with E-state index in [0.717, 1.165) is 42.9 Å². The Morgan fingerprint density at radius 3 is 2.89 bits per heavy atom. The molecule has 1 aliphatic rings. The lowest BCUT2D eigenvalue weighted by molar-refractivity contribution is 0.0256. The molecule has 3 N–H and O–H groups in total. The number of nitrogens with two attached hydrogens (primary N) is 1. The smallest absolute Gasteiger partial charge is 0.126 e. The predicted octanol–water partition coefficient (Wildman–Crippen LogP) is 2.22. The molecule has 1 aromatic heterocycles. The van der Waals surface area contributed by atoms with Gasteiger partial charge in [-0.3, -0.25) is 5.10 Å². The molecule has 1 aliphatic heterocycles. The van der Waals surface area contributed by atoms with Crippen LogP contribution in [0, 0.1) is 0 Å². The molecular weight excluding hydrogens is 242 g/mol. The Morgan fingerprint density at radius 2 is 2.16 bits per heavy atom. The highest BCUT2D eigenvalue weighted by Gasteiger charge is 2.15. The van der Waals surface area contributed by atoms with Crippen LogP contribution < -0.4 is 10.5 Å². The Hall–Kier alpha value is -2.01. The second-order valence-corrected chi connectivity index (χ2v) is 4.65. The number of H-pyrrole nitrogens is 1. The van der Waals surface area contributed by atoms with Crippen LogP contribution in [0.15, 0.2) is 30.5 Å². The molecule has 2 aromatic rings. The molecule has 0 amide bonds. The number of ether oxygens (including phenoxy) is 2. The maximum absolute atomic E-state index is 5.98. The van der Waals surface area contributed by atoms with Crippen molar-refractivity contribution < 1.29 is 9.47 Å². The zero-order chi connectivity index (χ0) is 13.1. The first-order valence-corrected chi connectivity index (χ1v) is 6.46. The van der Waals surface area contributed by atoms with Crippen molar-refractivity contribution in [2.75, 3.05) is 18.9 Å². The molecule has 2 heterocycles. The molecule has 19 heavy (non-hydrogen) atoms. The van der Waals surface area contributed by atoms with Crippen molar-refractivity contribution in [3.8, 4) is 16.9 Å². The Morgan fingerprint density at radius 1 is 1.32 bits per heavy atom. The summed E-state index contributed by atoms with van der Waals surface area (Å²) in [4.78, 5) is 0. The topological polar surface area (TPSA) is 73.2 Å². The Labute approximate surface area is 111 Å². The summed E-state index contributed by atoms with van der Waals surface area (Å²) in [6.45, 7) is 1.55. The lowest BCUT2D eigenvalue weighted by atomic mass is 10.1. The quantitative estimate of drug-likeness (QED) is 0.886. The molecule has 100 valence electrons. The van der Waals surface area contributed by atoms with E-state index >= 15 is 0 Å². The molecule has 1 aromatic carbocycles. The maximum atomic E-state index is 5.98. The number of hydrogen-bond acceptors (Lipinski definition) is 4. The third-order valence-electron chi connectivity index (χ3n) is 3.28. The van der Waals surface area contributed by atoms with E-state index in [4.69, 9.17) is 15.2 Å². The monoisotopic (exact) mass is 259 g/mol. The number of nitrogens with zero attached hydrogens (tertiary/aromatic N) is 1. The van der Waals surface area contributed by atoms with E-state index in [1.54, 1.807) is 6.20 Å². The van der Waals surface area contributed by atoms with Crippen molar-refractivity contribution in [1.82, 2.24) is 10.2 Å². The Kier molecular flexibility index (Phi) is 3.37. The van der Waals surface area contributed by atoms with Crippen LogP contribution >= 0.6 is 0 Å². The summed E-state index contributed by atoms with van der Waals surface area (Å²) in [6.07, 6.45) is 3.85. The van der Waals surface area contributed by atoms with E-state index in [2.05, 4.69) is 10.2 Å². The molecule has 0 unspecified atom stereocenters. The van der Waals surface area contributed by atoms with Gasteiger partial charge < -0.3 is 15.2 Å². The van der Waals surface area contributed by atoms with Gasteiger partial charge in [-0.05, 0) is 17.7 Å². The second-order valence-electron chi connectivity index (χ2n) is 4.65. The van der Waals surface area contributed by atoms with Crippen molar-refractivity contribution >= 4 is 5.82 Å². The zero-order valence-corrected chi connectivity index (χ0v) is 10.6. The number of benzene rings is 1. The number of aromatic amines is 1. The van der Waals surface area contributed by atoms with Crippen molar-refractivity contribution in [1.29, 1.82) is 0 Å². The molecule has 0 saturated carbocycles. The summed E-state index contributed by atoms with van der Waals surface area (Å²) in [5, 5.41) is 6.67. The van der Waals surface area contributed by atoms with Crippen LogP contribution in [0.3, 0.4) is 0 Å². The molecule has 0 radical (unpaired) electrons. The molecule has 3 rings (SSSR count). The van der Waals surface area contributed by atoms with Gasteiger partial charge in [0.05, 0.1) is 19.4 Å². The summed E-state index contributed by atoms with van der Waals surface area (Å²) in [7, 11) is 0. The molecule has 5 nitrogen and oxygen atoms in total. The van der Waals surface area contributed by atoms with Crippen LogP contribution in [-0.4, -0.2) is 29.5 Å². The first kappa shape index (κ1) is 12.0. The number of nitrogen functional groups attached to an aromatic ring is 1. The van der Waals surface area contributed by atoms with E-state index in [-0.39, 0.29) is 6.10 Å². The van der Waals surface area contributed by atoms with Crippen LogP contribution in [0.25, 0.3) is 11.1 Å². The largest absolute Gasteiger partial charge is 0.490 e. The fraction of sp³-hybridized carbons (Fsp3) is 0.357. The highest BCUT2D eigenvalue weighted by Crippen LogP contribution is 2.28. The van der Waals surface area contributed by atoms with Gasteiger partial charge in [0.2, 0.25) is 0 Å². The summed E-state index contributed by atoms with van der Waals surface area (Å²) in [6, 6.07) is 7.93. The van der Waals surface area contributed by atoms with Crippen LogP contribution in [0.5, 0.6) is 5.75 Å². The summed E-state index contributed by atoms with van der Waals surface area (Å²) in [5.74, 6) is 1.44. The van der Waals surface area contributed by atoms with Gasteiger partial charge in [0.25, 0.3) is 0 Å². The lowest BCUT2D eigenvalue weighted by Gasteiger charge is -2.23. The summed E-state index contributed by atoms with van der Waals surface area (Å²) < 4.78 is 11.3. The van der Waals surface area contributed by atoms with Gasteiger partial charge in [-0.1, -0.05) is 12.1 Å². The van der Waals surface area contributed by atoms with Gasteiger partial charge in [0.1, 0.15) is 17.7 Å². The number of anilines is 1. The van der Waals surface area contributed by atoms with Crippen molar-refractivity contribution in [3.05, 3.63) is 30.5 Å². The normalized spacial score (nSPS) is 16.4. The lowest BCUT2D eigenvalue weighted by Crippen LogP contribution is -2.25. The van der Waals surface area contributed by atoms with Gasteiger partial charge >= 0.3 is 0 Å². The minimum atomic E-state index is 0.241. The molecule has 0 aliphatic carbocycles. The van der Waals surface area contributed by atoms with Gasteiger partial charge in [0.15, 0.2) is 0 Å². The summed E-state index contributed by atoms with van der Waals surface area (Å²) in [5.41, 5.74) is 7.74. The van der Waals surface area contributed by atoms with E-state index in [0.29, 0.717) is 5.82 Å². The first-order valence-electron chi connectivity index (χ1n) is 6.46. The van der Waals surface area contributed by atoms with Crippen LogP contribution in [-0.2, 0) is 4.74 Å². The molecule has 0 bridgehead atoms. The number of nitrogens with one attached hydrogen (secondary N) is 1.